The summed E-state index contributed by atoms with van der Waals surface area (Å²) >= 11 is 5.82. The lowest BCUT2D eigenvalue weighted by atomic mass is 9.57. The number of rotatable bonds is 6. The number of carboxylic acids is 1. The first kappa shape index (κ1) is 27.9. The molecule has 212 valence electrons. The third-order valence-corrected chi connectivity index (χ3v) is 9.32. The maximum atomic E-state index is 14.4. The summed E-state index contributed by atoms with van der Waals surface area (Å²) in [7, 11) is 0. The summed E-state index contributed by atoms with van der Waals surface area (Å²) in [4.78, 5) is 27.0. The third kappa shape index (κ3) is 5.54. The highest BCUT2D eigenvalue weighted by Crippen LogP contribution is 2.53. The predicted octanol–water partition coefficient (Wildman–Crippen LogP) is 6.32. The Morgan fingerprint density at radius 2 is 2.05 bits per heavy atom. The van der Waals surface area contributed by atoms with E-state index < -0.39 is 29.1 Å². The van der Waals surface area contributed by atoms with Gasteiger partial charge < -0.3 is 10.0 Å². The Labute approximate surface area is 229 Å². The maximum absolute atomic E-state index is 14.4. The minimum atomic E-state index is -4.67. The lowest BCUT2D eigenvalue weighted by Crippen LogP contribution is -2.44. The molecule has 2 bridgehead atoms. The van der Waals surface area contributed by atoms with Crippen molar-refractivity contribution in [2.24, 2.45) is 23.2 Å². The molecule has 4 unspecified atom stereocenters. The van der Waals surface area contributed by atoms with Gasteiger partial charge in [-0.15, -0.1) is 0 Å². The first-order valence-corrected chi connectivity index (χ1v) is 13.8. The van der Waals surface area contributed by atoms with E-state index in [4.69, 9.17) is 11.6 Å². The van der Waals surface area contributed by atoms with E-state index in [-0.39, 0.29) is 72.1 Å². The van der Waals surface area contributed by atoms with Gasteiger partial charge in [-0.1, -0.05) is 37.4 Å². The Kier molecular flexibility index (Phi) is 7.45. The molecule has 2 saturated carbocycles. The molecule has 3 aliphatic rings. The SMILES string of the molecule is CC(CC(=O)N1CCc2c(C(F)(F)F)nn(Cc3ccc(Cl)cc3F)c2C1)C1CC2CCCC(C(=O)O)(C2)C1. The van der Waals surface area contributed by atoms with Crippen molar-refractivity contribution in [3.63, 3.8) is 0 Å². The minimum Gasteiger partial charge on any atom is -0.481 e. The quantitative estimate of drug-likeness (QED) is 0.413. The highest BCUT2D eigenvalue weighted by atomic mass is 35.5. The Morgan fingerprint density at radius 3 is 2.74 bits per heavy atom. The molecule has 1 aromatic heterocycles. The van der Waals surface area contributed by atoms with Crippen LogP contribution in [0.2, 0.25) is 5.02 Å². The second kappa shape index (κ2) is 10.4. The smallest absolute Gasteiger partial charge is 0.435 e. The van der Waals surface area contributed by atoms with Gasteiger partial charge in [0.15, 0.2) is 5.69 Å². The standard InChI is InChI=1S/C28H32ClF4N3O3/c1-16(19-10-17-3-2-7-27(12-17,13-19)26(38)39)9-24(37)35-8-6-21-23(15-35)36(34-25(21)28(31,32)33)14-18-4-5-20(29)11-22(18)30/h4-5,11,16-17,19H,2-3,6-10,12-15H2,1H3,(H,38,39). The number of amides is 1. The highest BCUT2D eigenvalue weighted by molar-refractivity contribution is 6.30. The van der Waals surface area contributed by atoms with Gasteiger partial charge in [0.1, 0.15) is 5.82 Å². The van der Waals surface area contributed by atoms with Gasteiger partial charge in [-0.05, 0) is 62.0 Å². The number of carbonyl (C=O) groups excluding carboxylic acids is 1. The summed E-state index contributed by atoms with van der Waals surface area (Å²) in [6.45, 7) is 1.84. The molecule has 2 fully saturated rings. The molecule has 5 rings (SSSR count). The van der Waals surface area contributed by atoms with E-state index in [1.54, 1.807) is 4.90 Å². The fourth-order valence-electron chi connectivity index (χ4n) is 7.03. The Bertz CT molecular complexity index is 1280. The number of fused-ring (bicyclic) bond motifs is 3. The van der Waals surface area contributed by atoms with Gasteiger partial charge >= 0.3 is 12.1 Å². The van der Waals surface area contributed by atoms with Crippen LogP contribution < -0.4 is 0 Å². The number of aliphatic carboxylic acids is 1. The molecule has 11 heteroatoms. The van der Waals surface area contributed by atoms with Crippen LogP contribution in [0.25, 0.3) is 0 Å². The number of hydrogen-bond donors (Lipinski definition) is 1. The van der Waals surface area contributed by atoms with Gasteiger partial charge in [0.05, 0.1) is 24.2 Å². The molecule has 0 spiro atoms. The lowest BCUT2D eigenvalue weighted by molar-refractivity contribution is -0.157. The molecule has 1 amide bonds. The lowest BCUT2D eigenvalue weighted by Gasteiger charge is -2.47. The normalized spacial score (nSPS) is 25.7. The number of benzene rings is 1. The summed E-state index contributed by atoms with van der Waals surface area (Å²) in [6.07, 6.45) is 0.303. The predicted molar refractivity (Wildman–Crippen MR) is 135 cm³/mol. The van der Waals surface area contributed by atoms with E-state index in [1.165, 1.54) is 12.1 Å². The van der Waals surface area contributed by atoms with Crippen LogP contribution in [0.4, 0.5) is 17.6 Å². The molecule has 1 aromatic carbocycles. The van der Waals surface area contributed by atoms with Crippen molar-refractivity contribution in [2.75, 3.05) is 6.54 Å². The topological polar surface area (TPSA) is 75.4 Å². The molecule has 6 nitrogen and oxygen atoms in total. The molecule has 0 saturated heterocycles. The van der Waals surface area contributed by atoms with E-state index in [9.17, 15) is 32.3 Å². The molecular formula is C28H32ClF4N3O3. The zero-order valence-corrected chi connectivity index (χ0v) is 22.5. The summed E-state index contributed by atoms with van der Waals surface area (Å²) in [5, 5.41) is 13.9. The number of carbonyl (C=O) groups is 2. The number of nitrogens with zero attached hydrogens (tertiary/aromatic N) is 3. The van der Waals surface area contributed by atoms with Crippen LogP contribution in [0, 0.1) is 29.0 Å². The summed E-state index contributed by atoms with van der Waals surface area (Å²) in [5.74, 6) is -1.14. The maximum Gasteiger partial charge on any atom is 0.435 e. The zero-order valence-electron chi connectivity index (χ0n) is 21.7. The van der Waals surface area contributed by atoms with Crippen molar-refractivity contribution in [1.82, 2.24) is 14.7 Å². The summed E-state index contributed by atoms with van der Waals surface area (Å²) < 4.78 is 57.0. The third-order valence-electron chi connectivity index (χ3n) is 9.09. The average Bonchev–Trinajstić information content (AvgIpc) is 3.23. The van der Waals surface area contributed by atoms with Crippen LogP contribution in [0.1, 0.15) is 74.4 Å². The van der Waals surface area contributed by atoms with Gasteiger partial charge in [-0.25, -0.2) is 4.39 Å². The Morgan fingerprint density at radius 1 is 1.28 bits per heavy atom. The molecule has 1 N–H and O–H groups in total. The monoisotopic (exact) mass is 569 g/mol. The number of halogens is 5. The van der Waals surface area contributed by atoms with Crippen molar-refractivity contribution in [2.45, 2.75) is 77.6 Å². The van der Waals surface area contributed by atoms with Crippen molar-refractivity contribution in [3.05, 3.63) is 51.6 Å². The number of hydrogen-bond acceptors (Lipinski definition) is 3. The molecule has 2 aromatic rings. The Hall–Kier alpha value is -2.62. The van der Waals surface area contributed by atoms with E-state index in [0.717, 1.165) is 30.0 Å². The molecule has 2 heterocycles. The first-order valence-electron chi connectivity index (χ1n) is 13.5. The van der Waals surface area contributed by atoms with Crippen molar-refractivity contribution < 1.29 is 32.3 Å². The van der Waals surface area contributed by atoms with Crippen LogP contribution in [0.5, 0.6) is 0 Å². The van der Waals surface area contributed by atoms with E-state index in [0.29, 0.717) is 25.2 Å². The summed E-state index contributed by atoms with van der Waals surface area (Å²) in [5.41, 5.74) is -1.27. The highest BCUT2D eigenvalue weighted by Gasteiger charge is 2.49. The van der Waals surface area contributed by atoms with Gasteiger partial charge in [0.25, 0.3) is 0 Å². The molecular weight excluding hydrogens is 538 g/mol. The fraction of sp³-hybridized carbons (Fsp3) is 0.607. The van der Waals surface area contributed by atoms with Crippen LogP contribution in [0.3, 0.4) is 0 Å². The largest absolute Gasteiger partial charge is 0.481 e. The first-order chi connectivity index (χ1) is 18.4. The average molecular weight is 570 g/mol. The number of aromatic nitrogens is 2. The number of alkyl halides is 3. The molecule has 39 heavy (non-hydrogen) atoms. The summed E-state index contributed by atoms with van der Waals surface area (Å²) in [6, 6.07) is 3.98. The van der Waals surface area contributed by atoms with E-state index in [2.05, 4.69) is 5.10 Å². The van der Waals surface area contributed by atoms with Gasteiger partial charge in [0, 0.05) is 29.1 Å². The van der Waals surface area contributed by atoms with Crippen LogP contribution >= 0.6 is 11.6 Å². The second-order valence-electron chi connectivity index (χ2n) is 11.7. The molecule has 1 aliphatic heterocycles. The molecule has 2 aliphatic carbocycles. The second-order valence-corrected chi connectivity index (χ2v) is 12.1. The molecule has 0 radical (unpaired) electrons. The van der Waals surface area contributed by atoms with E-state index in [1.807, 2.05) is 6.92 Å². The van der Waals surface area contributed by atoms with Crippen molar-refractivity contribution in [3.8, 4) is 0 Å². The fourth-order valence-corrected chi connectivity index (χ4v) is 7.19. The van der Waals surface area contributed by atoms with Gasteiger partial charge in [-0.3, -0.25) is 14.3 Å². The van der Waals surface area contributed by atoms with Gasteiger partial charge in [0.2, 0.25) is 5.91 Å². The van der Waals surface area contributed by atoms with Crippen LogP contribution in [-0.2, 0) is 35.3 Å². The molecule has 4 atom stereocenters. The zero-order chi connectivity index (χ0) is 28.1. The number of carboxylic acid groups (broad SMARTS) is 1. The van der Waals surface area contributed by atoms with Crippen LogP contribution in [0.15, 0.2) is 18.2 Å². The van der Waals surface area contributed by atoms with Crippen LogP contribution in [-0.4, -0.2) is 38.2 Å². The van der Waals surface area contributed by atoms with Crippen molar-refractivity contribution >= 4 is 23.5 Å². The van der Waals surface area contributed by atoms with Crippen molar-refractivity contribution in [1.29, 1.82) is 0 Å². The van der Waals surface area contributed by atoms with E-state index >= 15 is 0 Å². The minimum absolute atomic E-state index is 0.00102. The Balaban J connectivity index is 1.33. The van der Waals surface area contributed by atoms with Gasteiger partial charge in [-0.2, -0.15) is 18.3 Å².